The molecule has 0 saturated carbocycles. The minimum Gasteiger partial charge on any atom is -0.490 e. The molecule has 0 spiro atoms. The zero-order chi connectivity index (χ0) is 23.1. The monoisotopic (exact) mass is 646 g/mol. The lowest BCUT2D eigenvalue weighted by Gasteiger charge is -2.15. The molecule has 0 bridgehead atoms. The summed E-state index contributed by atoms with van der Waals surface area (Å²) in [7, 11) is 0. The van der Waals surface area contributed by atoms with Crippen LogP contribution in [0.3, 0.4) is 0 Å². The lowest BCUT2D eigenvalue weighted by atomic mass is 10.2. The third kappa shape index (κ3) is 6.84. The van der Waals surface area contributed by atoms with Crippen LogP contribution in [0, 0.1) is 3.57 Å². The highest BCUT2D eigenvalue weighted by molar-refractivity contribution is 14.1. The van der Waals surface area contributed by atoms with Gasteiger partial charge in [-0.25, -0.2) is 5.43 Å². The number of benzene rings is 3. The van der Waals surface area contributed by atoms with Crippen LogP contribution in [-0.4, -0.2) is 18.7 Å². The number of nitrogens with zero attached hydrogens (tertiary/aromatic N) is 1. The van der Waals surface area contributed by atoms with Gasteiger partial charge in [-0.2, -0.15) is 5.10 Å². The molecule has 0 aliphatic rings. The van der Waals surface area contributed by atoms with Gasteiger partial charge in [0.2, 0.25) is 0 Å². The first-order valence-electron chi connectivity index (χ1n) is 9.49. The normalized spacial score (nSPS) is 10.9. The maximum Gasteiger partial charge on any atom is 0.271 e. The summed E-state index contributed by atoms with van der Waals surface area (Å²) in [5.74, 6) is 0.882. The number of ether oxygens (including phenoxy) is 2. The van der Waals surface area contributed by atoms with Crippen molar-refractivity contribution in [2.45, 2.75) is 13.5 Å². The van der Waals surface area contributed by atoms with Gasteiger partial charge in [-0.05, 0) is 83.6 Å². The predicted octanol–water partition coefficient (Wildman–Crippen LogP) is 7.10. The van der Waals surface area contributed by atoms with Crippen LogP contribution in [0.5, 0.6) is 11.5 Å². The van der Waals surface area contributed by atoms with Gasteiger partial charge in [-0.3, -0.25) is 4.79 Å². The molecular weight excluding hydrogens is 630 g/mol. The van der Waals surface area contributed by atoms with E-state index in [4.69, 9.17) is 32.7 Å². The van der Waals surface area contributed by atoms with Gasteiger partial charge in [-0.15, -0.1) is 0 Å². The first-order valence-corrected chi connectivity index (χ1v) is 12.1. The molecule has 5 nitrogen and oxygen atoms in total. The Balaban J connectivity index is 1.73. The number of hydrazone groups is 1. The van der Waals surface area contributed by atoms with E-state index in [9.17, 15) is 4.79 Å². The molecule has 3 aromatic carbocycles. The maximum atomic E-state index is 12.2. The second-order valence-corrected chi connectivity index (χ2v) is 9.41. The quantitative estimate of drug-likeness (QED) is 0.161. The number of hydrogen-bond donors (Lipinski definition) is 1. The molecule has 166 valence electrons. The van der Waals surface area contributed by atoms with Crippen molar-refractivity contribution >= 4 is 73.8 Å². The Morgan fingerprint density at radius 2 is 1.88 bits per heavy atom. The summed E-state index contributed by atoms with van der Waals surface area (Å²) >= 11 is 17.7. The number of rotatable bonds is 8. The average Bonchev–Trinajstić information content (AvgIpc) is 2.75. The van der Waals surface area contributed by atoms with E-state index in [1.54, 1.807) is 48.7 Å². The molecule has 0 atom stereocenters. The largest absolute Gasteiger partial charge is 0.490 e. The molecule has 32 heavy (non-hydrogen) atoms. The average molecular weight is 648 g/mol. The molecule has 1 amide bonds. The minimum absolute atomic E-state index is 0.267. The van der Waals surface area contributed by atoms with Gasteiger partial charge in [0.15, 0.2) is 11.5 Å². The molecule has 0 aliphatic heterocycles. The molecule has 3 rings (SSSR count). The van der Waals surface area contributed by atoms with Gasteiger partial charge in [0.05, 0.1) is 16.4 Å². The maximum absolute atomic E-state index is 12.2. The SMILES string of the molecule is CCOc1cc(/C=N\NC(=O)c2ccc(Br)cc2)cc(I)c1OCc1ccc(Cl)cc1Cl. The van der Waals surface area contributed by atoms with Crippen molar-refractivity contribution in [2.75, 3.05) is 6.61 Å². The molecule has 0 heterocycles. The fourth-order valence-electron chi connectivity index (χ4n) is 2.69. The summed E-state index contributed by atoms with van der Waals surface area (Å²) in [5, 5.41) is 5.17. The van der Waals surface area contributed by atoms with Crippen LogP contribution in [-0.2, 0) is 6.61 Å². The molecule has 0 aliphatic carbocycles. The van der Waals surface area contributed by atoms with Crippen LogP contribution in [0.4, 0.5) is 0 Å². The summed E-state index contributed by atoms with van der Waals surface area (Å²) in [4.78, 5) is 12.2. The molecule has 9 heteroatoms. The van der Waals surface area contributed by atoms with Gasteiger partial charge in [-0.1, -0.05) is 45.2 Å². The molecule has 0 fully saturated rings. The van der Waals surface area contributed by atoms with E-state index in [-0.39, 0.29) is 12.5 Å². The van der Waals surface area contributed by atoms with Gasteiger partial charge < -0.3 is 9.47 Å². The van der Waals surface area contributed by atoms with Crippen molar-refractivity contribution in [2.24, 2.45) is 5.10 Å². The van der Waals surface area contributed by atoms with Crippen molar-refractivity contribution in [3.63, 3.8) is 0 Å². The number of amides is 1. The summed E-state index contributed by atoms with van der Waals surface area (Å²) in [6.45, 7) is 2.63. The topological polar surface area (TPSA) is 59.9 Å². The van der Waals surface area contributed by atoms with Crippen LogP contribution < -0.4 is 14.9 Å². The highest BCUT2D eigenvalue weighted by Gasteiger charge is 2.13. The predicted molar refractivity (Wildman–Crippen MR) is 140 cm³/mol. The molecule has 3 aromatic rings. The molecule has 0 saturated heterocycles. The third-order valence-corrected chi connectivity index (χ3v) is 6.12. The smallest absolute Gasteiger partial charge is 0.271 e. The second-order valence-electron chi connectivity index (χ2n) is 6.49. The lowest BCUT2D eigenvalue weighted by molar-refractivity contribution is 0.0955. The van der Waals surface area contributed by atoms with Gasteiger partial charge in [0.1, 0.15) is 6.61 Å². The van der Waals surface area contributed by atoms with Crippen LogP contribution in [0.25, 0.3) is 0 Å². The minimum atomic E-state index is -0.298. The first kappa shape index (κ1) is 24.8. The molecular formula is C23H18BrCl2IN2O3. The Kier molecular flexibility index (Phi) is 9.22. The van der Waals surface area contributed by atoms with E-state index >= 15 is 0 Å². The molecule has 0 aromatic heterocycles. The standard InChI is InChI=1S/C23H18BrCl2IN2O3/c1-2-31-21-10-14(12-28-29-23(30)15-3-6-17(24)7-4-15)9-20(27)22(21)32-13-16-5-8-18(25)11-19(16)26/h3-12H,2,13H2,1H3,(H,29,30)/b28-12-. The fourth-order valence-corrected chi connectivity index (χ4v) is 4.19. The van der Waals surface area contributed by atoms with E-state index in [1.165, 1.54) is 0 Å². The summed E-state index contributed by atoms with van der Waals surface area (Å²) in [5.41, 5.74) is 4.61. The zero-order valence-corrected chi connectivity index (χ0v) is 22.1. The zero-order valence-electron chi connectivity index (χ0n) is 16.9. The molecule has 0 radical (unpaired) electrons. The van der Waals surface area contributed by atoms with Gasteiger partial charge >= 0.3 is 0 Å². The fraction of sp³-hybridized carbons (Fsp3) is 0.130. The van der Waals surface area contributed by atoms with Crippen molar-refractivity contribution in [3.05, 3.63) is 89.4 Å². The first-order chi connectivity index (χ1) is 15.4. The van der Waals surface area contributed by atoms with E-state index in [2.05, 4.69) is 49.0 Å². The van der Waals surface area contributed by atoms with Gasteiger partial charge in [0, 0.05) is 25.6 Å². The van der Waals surface area contributed by atoms with Gasteiger partial charge in [0.25, 0.3) is 5.91 Å². The number of hydrogen-bond acceptors (Lipinski definition) is 4. The van der Waals surface area contributed by atoms with Crippen molar-refractivity contribution in [1.29, 1.82) is 0 Å². The summed E-state index contributed by atoms with van der Waals surface area (Å²) in [6, 6.07) is 16.0. The Morgan fingerprint density at radius 1 is 1.12 bits per heavy atom. The molecule has 0 unspecified atom stereocenters. The number of halogens is 4. The van der Waals surface area contributed by atoms with Crippen molar-refractivity contribution in [1.82, 2.24) is 5.43 Å². The Hall–Kier alpha value is -1.81. The second kappa shape index (κ2) is 11.9. The highest BCUT2D eigenvalue weighted by Crippen LogP contribution is 2.35. The molecule has 1 N–H and O–H groups in total. The van der Waals surface area contributed by atoms with E-state index in [0.29, 0.717) is 33.7 Å². The van der Waals surface area contributed by atoms with Crippen LogP contribution in [0.2, 0.25) is 10.0 Å². The summed E-state index contributed by atoms with van der Waals surface area (Å²) < 4.78 is 13.5. The van der Waals surface area contributed by atoms with Crippen LogP contribution >= 0.6 is 61.7 Å². The Bertz CT molecular complexity index is 1140. The van der Waals surface area contributed by atoms with Crippen LogP contribution in [0.1, 0.15) is 28.4 Å². The number of nitrogens with one attached hydrogen (secondary N) is 1. The van der Waals surface area contributed by atoms with E-state index in [1.807, 2.05) is 19.1 Å². The van der Waals surface area contributed by atoms with Crippen molar-refractivity contribution in [3.8, 4) is 11.5 Å². The Labute approximate surface area is 218 Å². The van der Waals surface area contributed by atoms with Crippen molar-refractivity contribution < 1.29 is 14.3 Å². The summed E-state index contributed by atoms with van der Waals surface area (Å²) in [6.07, 6.45) is 1.56. The number of carbonyl (C=O) groups is 1. The highest BCUT2D eigenvalue weighted by atomic mass is 127. The van der Waals surface area contributed by atoms with E-state index < -0.39 is 0 Å². The van der Waals surface area contributed by atoms with Crippen LogP contribution in [0.15, 0.2) is 64.2 Å². The third-order valence-electron chi connectivity index (χ3n) is 4.20. The Morgan fingerprint density at radius 3 is 2.56 bits per heavy atom. The van der Waals surface area contributed by atoms with E-state index in [0.717, 1.165) is 19.2 Å². The number of carbonyl (C=O) groups excluding carboxylic acids is 1. The lowest BCUT2D eigenvalue weighted by Crippen LogP contribution is -2.17.